The van der Waals surface area contributed by atoms with E-state index in [1.807, 2.05) is 97.1 Å². The number of hydrogen-bond acceptors (Lipinski definition) is 3. The monoisotopic (exact) mass is 441 g/mol. The minimum absolute atomic E-state index is 0. The molecule has 0 amide bonds. The van der Waals surface area contributed by atoms with Crippen molar-refractivity contribution in [3.8, 4) is 0 Å². The van der Waals surface area contributed by atoms with Gasteiger partial charge in [0.2, 0.25) is 0 Å². The van der Waals surface area contributed by atoms with Crippen LogP contribution in [0.2, 0.25) is 0 Å². The van der Waals surface area contributed by atoms with E-state index in [0.717, 1.165) is 21.7 Å². The van der Waals surface area contributed by atoms with E-state index in [0.29, 0.717) is 6.42 Å². The molecule has 1 atom stereocenters. The van der Waals surface area contributed by atoms with Gasteiger partial charge in [0.25, 0.3) is 0 Å². The first kappa shape index (κ1) is 22.8. The first-order chi connectivity index (χ1) is 13.7. The second-order valence-corrected chi connectivity index (χ2v) is 7.56. The Labute approximate surface area is 187 Å². The molecule has 3 aromatic rings. The van der Waals surface area contributed by atoms with E-state index in [1.165, 1.54) is 0 Å². The van der Waals surface area contributed by atoms with E-state index in [9.17, 15) is 5.11 Å². The van der Waals surface area contributed by atoms with Crippen molar-refractivity contribution in [2.24, 2.45) is 0 Å². The Hall–Kier alpha value is -2.52. The number of anilines is 1. The zero-order chi connectivity index (χ0) is 19.6. The van der Waals surface area contributed by atoms with Crippen LogP contribution in [0.5, 0.6) is 0 Å². The molecule has 29 heavy (non-hydrogen) atoms. The van der Waals surface area contributed by atoms with Gasteiger partial charge in [-0.3, -0.25) is 0 Å². The van der Waals surface area contributed by atoms with Crippen LogP contribution in [0.25, 0.3) is 0 Å². The quantitative estimate of drug-likeness (QED) is 0.183. The molecule has 0 aliphatic heterocycles. The van der Waals surface area contributed by atoms with Crippen LogP contribution in [0.15, 0.2) is 125 Å². The molecule has 2 N–H and O–H groups in total. The van der Waals surface area contributed by atoms with Crippen molar-refractivity contribution in [2.75, 3.05) is 5.73 Å². The first-order valence-corrected chi connectivity index (χ1v) is 10.1. The predicted molar refractivity (Wildman–Crippen MR) is 118 cm³/mol. The molecule has 4 rings (SSSR count). The number of allylic oxidation sites excluding steroid dienone is 6. The molecule has 2 nitrogen and oxygen atoms in total. The third-order valence-corrected chi connectivity index (χ3v) is 5.62. The summed E-state index contributed by atoms with van der Waals surface area (Å²) in [5, 5.41) is 12.6. The Morgan fingerprint density at radius 1 is 0.897 bits per heavy atom. The zero-order valence-electron chi connectivity index (χ0n) is 15.9. The molecule has 3 aromatic carbocycles. The fourth-order valence-electron chi connectivity index (χ4n) is 2.80. The number of thioether (sulfide) groups is 1. The van der Waals surface area contributed by atoms with Gasteiger partial charge in [-0.15, -0.1) is 17.5 Å². The van der Waals surface area contributed by atoms with Gasteiger partial charge in [-0.1, -0.05) is 66.8 Å². The Morgan fingerprint density at radius 3 is 2.10 bits per heavy atom. The SMILES string of the molecule is Nc1ccccc1SC(CC([O-])=C1C=CC=C1)c1ccccc1.[Fe+2].c1cc[cH-]c1. The fraction of sp³-hybridized carbons (Fsp3) is 0.0800. The van der Waals surface area contributed by atoms with Gasteiger partial charge in [0.15, 0.2) is 0 Å². The van der Waals surface area contributed by atoms with Crippen molar-refractivity contribution >= 4 is 17.4 Å². The van der Waals surface area contributed by atoms with Gasteiger partial charge in [0, 0.05) is 15.8 Å². The van der Waals surface area contributed by atoms with Crippen molar-refractivity contribution in [1.29, 1.82) is 0 Å². The van der Waals surface area contributed by atoms with Crippen molar-refractivity contribution in [2.45, 2.75) is 16.6 Å². The van der Waals surface area contributed by atoms with E-state index in [4.69, 9.17) is 5.73 Å². The normalized spacial score (nSPS) is 12.6. The van der Waals surface area contributed by atoms with Gasteiger partial charge < -0.3 is 10.8 Å². The summed E-state index contributed by atoms with van der Waals surface area (Å²) in [6.45, 7) is 0. The third kappa shape index (κ3) is 7.10. The molecule has 0 spiro atoms. The van der Waals surface area contributed by atoms with E-state index in [2.05, 4.69) is 12.1 Å². The van der Waals surface area contributed by atoms with E-state index < -0.39 is 0 Å². The van der Waals surface area contributed by atoms with Crippen molar-refractivity contribution in [1.82, 2.24) is 0 Å². The molecule has 1 aliphatic rings. The smallest absolute Gasteiger partial charge is 0.875 e. The molecular formula is C25H23FeNOS. The molecule has 0 saturated heterocycles. The maximum absolute atomic E-state index is 12.5. The van der Waals surface area contributed by atoms with Gasteiger partial charge >= 0.3 is 17.1 Å². The molecule has 0 radical (unpaired) electrons. The van der Waals surface area contributed by atoms with Crippen LogP contribution in [0.4, 0.5) is 5.69 Å². The molecule has 0 saturated carbocycles. The van der Waals surface area contributed by atoms with Gasteiger partial charge in [-0.05, 0) is 29.7 Å². The van der Waals surface area contributed by atoms with Crippen molar-refractivity contribution in [3.05, 3.63) is 126 Å². The van der Waals surface area contributed by atoms with Crippen LogP contribution in [0.1, 0.15) is 17.2 Å². The first-order valence-electron chi connectivity index (χ1n) is 9.22. The number of benzene rings is 2. The van der Waals surface area contributed by atoms with Crippen molar-refractivity contribution in [3.63, 3.8) is 0 Å². The van der Waals surface area contributed by atoms with Crippen LogP contribution in [-0.2, 0) is 17.1 Å². The van der Waals surface area contributed by atoms with E-state index in [1.54, 1.807) is 11.8 Å². The predicted octanol–water partition coefficient (Wildman–Crippen LogP) is 5.64. The standard InChI is InChI=1S/C20H19NOS.C5H5.Fe/c21-17-12-6-7-13-19(17)23-20(16-10-2-1-3-11-16)14-18(22)15-8-4-5-9-15;1-2-4-5-3-1;/h1-13,20,22H,14,21H2;1-5H;/q;-1;+2/p-1. The van der Waals surface area contributed by atoms with Gasteiger partial charge in [-0.25, -0.2) is 12.1 Å². The number of nitrogen functional groups attached to an aromatic ring is 1. The third-order valence-electron chi connectivity index (χ3n) is 4.27. The molecule has 4 heteroatoms. The Morgan fingerprint density at radius 2 is 1.52 bits per heavy atom. The number of para-hydroxylation sites is 1. The summed E-state index contributed by atoms with van der Waals surface area (Å²) in [4.78, 5) is 1.01. The maximum atomic E-state index is 12.5. The molecule has 0 fully saturated rings. The molecule has 1 unspecified atom stereocenters. The molecule has 0 aromatic heterocycles. The summed E-state index contributed by atoms with van der Waals surface area (Å²) >= 11 is 1.65. The minimum Gasteiger partial charge on any atom is -0.875 e. The Bertz CT molecular complexity index is 915. The van der Waals surface area contributed by atoms with Gasteiger partial charge in [-0.2, -0.15) is 18.2 Å². The van der Waals surface area contributed by atoms with Gasteiger partial charge in [0.05, 0.1) is 0 Å². The zero-order valence-corrected chi connectivity index (χ0v) is 17.8. The average Bonchev–Trinajstić information content (AvgIpc) is 3.46. The average molecular weight is 441 g/mol. The van der Waals surface area contributed by atoms with Crippen LogP contribution in [-0.4, -0.2) is 0 Å². The Kier molecular flexibility index (Phi) is 9.52. The molecule has 0 heterocycles. The molecule has 148 valence electrons. The summed E-state index contributed by atoms with van der Waals surface area (Å²) in [7, 11) is 0. The van der Waals surface area contributed by atoms with E-state index >= 15 is 0 Å². The topological polar surface area (TPSA) is 49.1 Å². The number of hydrogen-bond donors (Lipinski definition) is 1. The Balaban J connectivity index is 0.000000437. The minimum atomic E-state index is 0. The second kappa shape index (κ2) is 12.1. The number of nitrogens with two attached hydrogens (primary N) is 1. The van der Waals surface area contributed by atoms with Gasteiger partial charge in [0.1, 0.15) is 0 Å². The van der Waals surface area contributed by atoms with Crippen LogP contribution in [0, 0.1) is 0 Å². The van der Waals surface area contributed by atoms with E-state index in [-0.39, 0.29) is 28.1 Å². The van der Waals surface area contributed by atoms with Crippen molar-refractivity contribution < 1.29 is 22.2 Å². The summed E-state index contributed by atoms with van der Waals surface area (Å²) in [5.74, 6) is 0.158. The summed E-state index contributed by atoms with van der Waals surface area (Å²) in [6, 6.07) is 27.9. The van der Waals surface area contributed by atoms with Crippen LogP contribution < -0.4 is 10.8 Å². The molecule has 1 aliphatic carbocycles. The largest absolute Gasteiger partial charge is 2.00 e. The summed E-state index contributed by atoms with van der Waals surface area (Å²) < 4.78 is 0. The summed E-state index contributed by atoms with van der Waals surface area (Å²) in [5.41, 5.74) is 8.73. The second-order valence-electron chi connectivity index (χ2n) is 6.32. The van der Waals surface area contributed by atoms with Crippen LogP contribution >= 0.6 is 11.8 Å². The molecular weight excluding hydrogens is 418 g/mol. The maximum Gasteiger partial charge on any atom is 2.00 e. The number of rotatable bonds is 5. The van der Waals surface area contributed by atoms with Crippen LogP contribution in [0.3, 0.4) is 0 Å². The summed E-state index contributed by atoms with van der Waals surface area (Å²) in [6.07, 6.45) is 7.98. The fourth-order valence-corrected chi connectivity index (χ4v) is 4.00. The molecule has 0 bridgehead atoms.